The summed E-state index contributed by atoms with van der Waals surface area (Å²) < 4.78 is 0. The molecule has 0 fully saturated rings. The van der Waals surface area contributed by atoms with Gasteiger partial charge >= 0.3 is 0 Å². The molecule has 3 aromatic rings. The molecule has 1 amide bonds. The van der Waals surface area contributed by atoms with Crippen molar-refractivity contribution in [3.63, 3.8) is 0 Å². The molecule has 0 saturated carbocycles. The first-order valence-electron chi connectivity index (χ1n) is 8.00. The van der Waals surface area contributed by atoms with Gasteiger partial charge in [0.1, 0.15) is 0 Å². The molecule has 3 rings (SSSR count). The van der Waals surface area contributed by atoms with Crippen molar-refractivity contribution >= 4 is 45.8 Å². The Balaban J connectivity index is 1.63. The second-order valence-corrected chi connectivity index (χ2v) is 7.37. The molecule has 26 heavy (non-hydrogen) atoms. The molecule has 1 aromatic carbocycles. The molecular formula is C18H19N5OS2. The van der Waals surface area contributed by atoms with E-state index in [4.69, 9.17) is 0 Å². The number of aryl methyl sites for hydroxylation is 2. The molecule has 0 unspecified atom stereocenters. The molecule has 0 spiro atoms. The van der Waals surface area contributed by atoms with Gasteiger partial charge in [-0.05, 0) is 38.3 Å². The summed E-state index contributed by atoms with van der Waals surface area (Å²) in [6, 6.07) is 9.65. The number of carbonyl (C=O) groups excluding carboxylic acids is 1. The number of hydrogen-bond acceptors (Lipinski definition) is 7. The molecule has 0 aliphatic heterocycles. The van der Waals surface area contributed by atoms with Gasteiger partial charge < -0.3 is 10.6 Å². The molecule has 0 saturated heterocycles. The van der Waals surface area contributed by atoms with Crippen LogP contribution in [0.4, 0.5) is 16.8 Å². The molecule has 0 radical (unpaired) electrons. The fraction of sp³-hybridized carbons (Fsp3) is 0.222. The molecule has 0 bridgehead atoms. The average Bonchev–Trinajstić information content (AvgIpc) is 3.01. The van der Waals surface area contributed by atoms with Gasteiger partial charge in [0.2, 0.25) is 11.9 Å². The Labute approximate surface area is 160 Å². The van der Waals surface area contributed by atoms with E-state index in [1.54, 1.807) is 11.8 Å². The van der Waals surface area contributed by atoms with Crippen LogP contribution in [0.5, 0.6) is 0 Å². The number of para-hydroxylation sites is 1. The van der Waals surface area contributed by atoms with E-state index >= 15 is 0 Å². The van der Waals surface area contributed by atoms with Crippen molar-refractivity contribution in [2.45, 2.75) is 25.2 Å². The second kappa shape index (κ2) is 8.29. The van der Waals surface area contributed by atoms with Gasteiger partial charge in [0.05, 0.1) is 17.8 Å². The van der Waals surface area contributed by atoms with E-state index in [-0.39, 0.29) is 12.3 Å². The Kier molecular flexibility index (Phi) is 5.85. The summed E-state index contributed by atoms with van der Waals surface area (Å²) in [7, 11) is 0. The highest BCUT2D eigenvalue weighted by atomic mass is 32.2. The van der Waals surface area contributed by atoms with Crippen molar-refractivity contribution in [3.8, 4) is 0 Å². The summed E-state index contributed by atoms with van der Waals surface area (Å²) in [5, 5.41) is 8.58. The number of aromatic nitrogens is 3. The third-order valence-corrected chi connectivity index (χ3v) is 5.08. The topological polar surface area (TPSA) is 79.8 Å². The minimum absolute atomic E-state index is 0.0917. The summed E-state index contributed by atoms with van der Waals surface area (Å²) in [5.74, 6) is 0.424. The van der Waals surface area contributed by atoms with E-state index in [1.807, 2.05) is 55.8 Å². The summed E-state index contributed by atoms with van der Waals surface area (Å²) in [4.78, 5) is 26.5. The number of hydrogen-bond donors (Lipinski definition) is 2. The molecular weight excluding hydrogens is 366 g/mol. The number of anilines is 3. The maximum atomic E-state index is 12.3. The summed E-state index contributed by atoms with van der Waals surface area (Å²) in [5.41, 5.74) is 3.32. The third kappa shape index (κ3) is 4.80. The lowest BCUT2D eigenvalue weighted by Crippen LogP contribution is -2.15. The van der Waals surface area contributed by atoms with Crippen LogP contribution in [0.3, 0.4) is 0 Å². The predicted octanol–water partition coefficient (Wildman–Crippen LogP) is 4.20. The lowest BCUT2D eigenvalue weighted by Gasteiger charge is -2.08. The minimum atomic E-state index is -0.0917. The maximum Gasteiger partial charge on any atom is 0.230 e. The minimum Gasteiger partial charge on any atom is -0.325 e. The Morgan fingerprint density at radius 2 is 1.88 bits per heavy atom. The highest BCUT2D eigenvalue weighted by Gasteiger charge is 2.11. The highest BCUT2D eigenvalue weighted by Crippen LogP contribution is 2.25. The molecule has 134 valence electrons. The van der Waals surface area contributed by atoms with Crippen LogP contribution in [0.1, 0.15) is 17.1 Å². The largest absolute Gasteiger partial charge is 0.325 e. The third-order valence-electron chi connectivity index (χ3n) is 3.48. The number of thiazole rings is 1. The van der Waals surface area contributed by atoms with Crippen molar-refractivity contribution in [2.75, 3.05) is 16.9 Å². The fourth-order valence-corrected chi connectivity index (χ4v) is 3.69. The van der Waals surface area contributed by atoms with Gasteiger partial charge in [-0.1, -0.05) is 12.1 Å². The van der Waals surface area contributed by atoms with Crippen LogP contribution >= 0.6 is 23.1 Å². The van der Waals surface area contributed by atoms with Gasteiger partial charge in [0.25, 0.3) is 0 Å². The lowest BCUT2D eigenvalue weighted by molar-refractivity contribution is -0.115. The fourth-order valence-electron chi connectivity index (χ4n) is 2.43. The monoisotopic (exact) mass is 385 g/mol. The van der Waals surface area contributed by atoms with Crippen molar-refractivity contribution in [1.82, 2.24) is 15.0 Å². The van der Waals surface area contributed by atoms with Gasteiger partial charge in [0.15, 0.2) is 5.13 Å². The van der Waals surface area contributed by atoms with Crippen LogP contribution < -0.4 is 10.6 Å². The number of nitrogens with zero attached hydrogens (tertiary/aromatic N) is 3. The Hall–Kier alpha value is -2.45. The van der Waals surface area contributed by atoms with Gasteiger partial charge in [-0.15, -0.1) is 23.1 Å². The number of benzene rings is 1. The normalized spacial score (nSPS) is 10.6. The maximum absolute atomic E-state index is 12.3. The Morgan fingerprint density at radius 3 is 2.62 bits per heavy atom. The predicted molar refractivity (Wildman–Crippen MR) is 107 cm³/mol. The van der Waals surface area contributed by atoms with Crippen LogP contribution in [0, 0.1) is 13.8 Å². The molecule has 8 heteroatoms. The van der Waals surface area contributed by atoms with Crippen LogP contribution in [0.15, 0.2) is 40.6 Å². The average molecular weight is 386 g/mol. The number of carbonyl (C=O) groups is 1. The first-order valence-corrected chi connectivity index (χ1v) is 10.1. The summed E-state index contributed by atoms with van der Waals surface area (Å²) in [6.45, 7) is 3.84. The van der Waals surface area contributed by atoms with Crippen LogP contribution in [-0.4, -0.2) is 27.1 Å². The van der Waals surface area contributed by atoms with E-state index in [0.717, 1.165) is 22.0 Å². The van der Waals surface area contributed by atoms with Crippen molar-refractivity contribution in [1.29, 1.82) is 0 Å². The molecule has 2 aromatic heterocycles. The smallest absolute Gasteiger partial charge is 0.230 e. The Bertz CT molecular complexity index is 905. The summed E-state index contributed by atoms with van der Waals surface area (Å²) >= 11 is 3.02. The standard InChI is InChI=1S/C18H19N5OS2/c1-11-8-12(2)20-17(19-11)23-18-21-13(10-26-18)9-16(24)22-14-6-4-5-7-15(14)25-3/h4-8,10H,9H2,1-3H3,(H,22,24)(H,19,20,21,23). The summed E-state index contributed by atoms with van der Waals surface area (Å²) in [6.07, 6.45) is 2.20. The molecule has 2 heterocycles. The highest BCUT2D eigenvalue weighted by molar-refractivity contribution is 7.98. The van der Waals surface area contributed by atoms with E-state index in [1.165, 1.54) is 11.3 Å². The second-order valence-electron chi connectivity index (χ2n) is 5.67. The first kappa shape index (κ1) is 18.3. The quantitative estimate of drug-likeness (QED) is 0.619. The van der Waals surface area contributed by atoms with Crippen molar-refractivity contribution in [3.05, 3.63) is 52.8 Å². The number of amides is 1. The molecule has 0 aliphatic carbocycles. The van der Waals surface area contributed by atoms with E-state index in [9.17, 15) is 4.79 Å². The number of nitrogens with one attached hydrogen (secondary N) is 2. The zero-order valence-corrected chi connectivity index (χ0v) is 16.4. The van der Waals surface area contributed by atoms with Gasteiger partial charge in [-0.2, -0.15) is 0 Å². The van der Waals surface area contributed by atoms with Gasteiger partial charge in [-0.3, -0.25) is 4.79 Å². The van der Waals surface area contributed by atoms with Gasteiger partial charge in [-0.25, -0.2) is 15.0 Å². The number of rotatable bonds is 6. The molecule has 0 atom stereocenters. The van der Waals surface area contributed by atoms with Gasteiger partial charge in [0, 0.05) is 21.7 Å². The van der Waals surface area contributed by atoms with Crippen molar-refractivity contribution < 1.29 is 4.79 Å². The molecule has 6 nitrogen and oxygen atoms in total. The first-order chi connectivity index (χ1) is 12.5. The van der Waals surface area contributed by atoms with E-state index in [2.05, 4.69) is 25.6 Å². The zero-order chi connectivity index (χ0) is 18.5. The van der Waals surface area contributed by atoms with Crippen LogP contribution in [0.2, 0.25) is 0 Å². The zero-order valence-electron chi connectivity index (χ0n) is 14.7. The van der Waals surface area contributed by atoms with Crippen molar-refractivity contribution in [2.24, 2.45) is 0 Å². The lowest BCUT2D eigenvalue weighted by atomic mass is 10.3. The molecule has 0 aliphatic rings. The van der Waals surface area contributed by atoms with Crippen LogP contribution in [0.25, 0.3) is 0 Å². The Morgan fingerprint density at radius 1 is 1.15 bits per heavy atom. The van der Waals surface area contributed by atoms with E-state index in [0.29, 0.717) is 16.8 Å². The number of thioether (sulfide) groups is 1. The molecule has 2 N–H and O–H groups in total. The van der Waals surface area contributed by atoms with E-state index < -0.39 is 0 Å². The SMILES string of the molecule is CSc1ccccc1NC(=O)Cc1csc(Nc2nc(C)cc(C)n2)n1. The van der Waals surface area contributed by atoms with Crippen LogP contribution in [-0.2, 0) is 11.2 Å².